The lowest BCUT2D eigenvalue weighted by Crippen LogP contribution is -2.30. The molecule has 36 heavy (non-hydrogen) atoms. The number of nitrogens with zero attached hydrogens (tertiary/aromatic N) is 3. The molecule has 0 aliphatic heterocycles. The van der Waals surface area contributed by atoms with Gasteiger partial charge in [-0.15, -0.1) is 5.10 Å². The SMILES string of the molecule is Nc1cc(C(CCN[C@H]2C[C@H](c3ccccc3)Cc3ccccc32)c2ccccc2)c2n[nH]nc2n1. The van der Waals surface area contributed by atoms with Crippen LogP contribution in [0, 0.1) is 0 Å². The summed E-state index contributed by atoms with van der Waals surface area (Å²) in [5, 5.41) is 15.2. The monoisotopic (exact) mass is 474 g/mol. The van der Waals surface area contributed by atoms with Crippen molar-refractivity contribution in [1.29, 1.82) is 0 Å². The molecule has 2 heterocycles. The number of benzene rings is 3. The number of aromatic amines is 1. The van der Waals surface area contributed by atoms with E-state index >= 15 is 0 Å². The molecule has 2 aromatic heterocycles. The number of pyridine rings is 1. The molecule has 6 nitrogen and oxygen atoms in total. The van der Waals surface area contributed by atoms with Gasteiger partial charge in [0.15, 0.2) is 0 Å². The highest BCUT2D eigenvalue weighted by Gasteiger charge is 2.28. The predicted molar refractivity (Wildman–Crippen MR) is 144 cm³/mol. The molecule has 0 amide bonds. The molecule has 5 aromatic rings. The summed E-state index contributed by atoms with van der Waals surface area (Å²) in [6.45, 7) is 0.863. The van der Waals surface area contributed by atoms with Gasteiger partial charge in [-0.2, -0.15) is 10.3 Å². The maximum atomic E-state index is 6.16. The lowest BCUT2D eigenvalue weighted by Gasteiger charge is -2.33. The first-order valence-corrected chi connectivity index (χ1v) is 12.6. The number of hydrogen-bond donors (Lipinski definition) is 3. The van der Waals surface area contributed by atoms with Crippen molar-refractivity contribution in [1.82, 2.24) is 25.7 Å². The van der Waals surface area contributed by atoms with Crippen LogP contribution in [-0.4, -0.2) is 26.9 Å². The van der Waals surface area contributed by atoms with E-state index in [4.69, 9.17) is 5.73 Å². The summed E-state index contributed by atoms with van der Waals surface area (Å²) in [5.41, 5.74) is 14.1. The molecule has 1 unspecified atom stereocenters. The zero-order valence-electron chi connectivity index (χ0n) is 20.1. The van der Waals surface area contributed by atoms with Gasteiger partial charge in [0.05, 0.1) is 0 Å². The Morgan fingerprint density at radius 2 is 1.67 bits per heavy atom. The first-order valence-electron chi connectivity index (χ1n) is 12.6. The van der Waals surface area contributed by atoms with Crippen molar-refractivity contribution < 1.29 is 0 Å². The summed E-state index contributed by atoms with van der Waals surface area (Å²) in [7, 11) is 0. The van der Waals surface area contributed by atoms with Gasteiger partial charge in [-0.05, 0) is 65.6 Å². The number of nitrogens with one attached hydrogen (secondary N) is 2. The highest BCUT2D eigenvalue weighted by Crippen LogP contribution is 2.39. The van der Waals surface area contributed by atoms with Crippen LogP contribution in [0.25, 0.3) is 11.2 Å². The summed E-state index contributed by atoms with van der Waals surface area (Å²) < 4.78 is 0. The third-order valence-corrected chi connectivity index (χ3v) is 7.43. The minimum atomic E-state index is 0.125. The highest BCUT2D eigenvalue weighted by atomic mass is 15.3. The fourth-order valence-corrected chi connectivity index (χ4v) is 5.73. The third kappa shape index (κ3) is 4.48. The second-order valence-electron chi connectivity index (χ2n) is 9.64. The van der Waals surface area contributed by atoms with E-state index in [-0.39, 0.29) is 5.92 Å². The van der Waals surface area contributed by atoms with Gasteiger partial charge in [0.1, 0.15) is 11.3 Å². The molecule has 0 spiro atoms. The standard InChI is InChI=1S/C30H30N6/c31-28-19-26(29-30(33-28)35-36-34-29)24(21-11-5-2-6-12-21)15-16-32-27-18-23(20-9-3-1-4-10-20)17-22-13-7-8-14-25(22)27/h1-14,19,23-24,27,32H,15-18H2,(H3,31,33,34,35,36)/t23-,24?,27+/m1/s1. The Hall–Kier alpha value is -4.03. The quantitative estimate of drug-likeness (QED) is 0.289. The molecular formula is C30H30N6. The van der Waals surface area contributed by atoms with Crippen molar-refractivity contribution >= 4 is 17.0 Å². The molecule has 0 saturated heterocycles. The van der Waals surface area contributed by atoms with Gasteiger partial charge in [-0.1, -0.05) is 84.9 Å². The molecule has 3 atom stereocenters. The van der Waals surface area contributed by atoms with E-state index in [2.05, 4.69) is 105 Å². The summed E-state index contributed by atoms with van der Waals surface area (Å²) in [6, 6.07) is 32.6. The topological polar surface area (TPSA) is 92.5 Å². The number of aromatic nitrogens is 4. The van der Waals surface area contributed by atoms with Crippen LogP contribution in [0.1, 0.15) is 58.5 Å². The molecule has 0 saturated carbocycles. The summed E-state index contributed by atoms with van der Waals surface area (Å²) in [6.07, 6.45) is 3.09. The van der Waals surface area contributed by atoms with Crippen molar-refractivity contribution in [2.75, 3.05) is 12.3 Å². The van der Waals surface area contributed by atoms with Crippen LogP contribution in [0.3, 0.4) is 0 Å². The normalized spacial score (nSPS) is 18.1. The van der Waals surface area contributed by atoms with Gasteiger partial charge in [-0.25, -0.2) is 4.98 Å². The van der Waals surface area contributed by atoms with Crippen molar-refractivity contribution in [3.05, 3.63) is 119 Å². The number of nitrogens with two attached hydrogens (primary N) is 1. The summed E-state index contributed by atoms with van der Waals surface area (Å²) in [5.74, 6) is 1.10. The number of H-pyrrole nitrogens is 1. The van der Waals surface area contributed by atoms with Crippen molar-refractivity contribution in [2.24, 2.45) is 0 Å². The van der Waals surface area contributed by atoms with Gasteiger partial charge < -0.3 is 11.1 Å². The first-order chi connectivity index (χ1) is 17.8. The van der Waals surface area contributed by atoms with Crippen LogP contribution in [0.5, 0.6) is 0 Å². The van der Waals surface area contributed by atoms with Crippen LogP contribution in [0.2, 0.25) is 0 Å². The molecular weight excluding hydrogens is 444 g/mol. The number of rotatable bonds is 7. The van der Waals surface area contributed by atoms with Crippen LogP contribution >= 0.6 is 0 Å². The van der Waals surface area contributed by atoms with Gasteiger partial charge in [0.25, 0.3) is 0 Å². The average molecular weight is 475 g/mol. The van der Waals surface area contributed by atoms with Crippen LogP contribution in [0.4, 0.5) is 5.82 Å². The van der Waals surface area contributed by atoms with Gasteiger partial charge >= 0.3 is 0 Å². The van der Waals surface area contributed by atoms with E-state index in [1.54, 1.807) is 0 Å². The van der Waals surface area contributed by atoms with Gasteiger partial charge in [-0.3, -0.25) is 0 Å². The maximum absolute atomic E-state index is 6.16. The molecule has 6 heteroatoms. The Kier molecular flexibility index (Phi) is 6.18. The number of hydrogen-bond acceptors (Lipinski definition) is 5. The Bertz CT molecular complexity index is 1450. The molecule has 0 radical (unpaired) electrons. The highest BCUT2D eigenvalue weighted by molar-refractivity contribution is 5.77. The second kappa shape index (κ2) is 9.91. The molecule has 6 rings (SSSR count). The summed E-state index contributed by atoms with van der Waals surface area (Å²) in [4.78, 5) is 4.35. The van der Waals surface area contributed by atoms with E-state index in [0.717, 1.165) is 36.9 Å². The Labute approximate surface area is 211 Å². The molecule has 180 valence electrons. The Balaban J connectivity index is 1.27. The van der Waals surface area contributed by atoms with E-state index in [1.165, 1.54) is 22.3 Å². The van der Waals surface area contributed by atoms with Crippen LogP contribution < -0.4 is 11.1 Å². The van der Waals surface area contributed by atoms with E-state index in [9.17, 15) is 0 Å². The minimum Gasteiger partial charge on any atom is -0.384 e. The molecule has 0 fully saturated rings. The third-order valence-electron chi connectivity index (χ3n) is 7.43. The number of nitrogen functional groups attached to an aromatic ring is 1. The van der Waals surface area contributed by atoms with E-state index in [0.29, 0.717) is 23.4 Å². The average Bonchev–Trinajstić information content (AvgIpc) is 3.40. The lowest BCUT2D eigenvalue weighted by atomic mass is 9.77. The van der Waals surface area contributed by atoms with Crippen molar-refractivity contribution in [2.45, 2.75) is 37.1 Å². The van der Waals surface area contributed by atoms with E-state index < -0.39 is 0 Å². The molecule has 1 aliphatic carbocycles. The molecule has 0 bridgehead atoms. The van der Waals surface area contributed by atoms with Gasteiger partial charge in [0.2, 0.25) is 5.65 Å². The largest absolute Gasteiger partial charge is 0.384 e. The van der Waals surface area contributed by atoms with Crippen molar-refractivity contribution in [3.8, 4) is 0 Å². The maximum Gasteiger partial charge on any atom is 0.203 e. The number of fused-ring (bicyclic) bond motifs is 2. The Morgan fingerprint density at radius 3 is 2.50 bits per heavy atom. The lowest BCUT2D eigenvalue weighted by molar-refractivity contribution is 0.416. The first kappa shape index (κ1) is 22.4. The number of anilines is 1. The fraction of sp³-hybridized carbons (Fsp3) is 0.233. The minimum absolute atomic E-state index is 0.125. The molecule has 1 aliphatic rings. The van der Waals surface area contributed by atoms with Crippen molar-refractivity contribution in [3.63, 3.8) is 0 Å². The van der Waals surface area contributed by atoms with Gasteiger partial charge in [0, 0.05) is 12.0 Å². The summed E-state index contributed by atoms with van der Waals surface area (Å²) >= 11 is 0. The fourth-order valence-electron chi connectivity index (χ4n) is 5.73. The predicted octanol–water partition coefficient (Wildman–Crippen LogP) is 5.52. The second-order valence-corrected chi connectivity index (χ2v) is 9.64. The zero-order chi connectivity index (χ0) is 24.3. The van der Waals surface area contributed by atoms with Crippen LogP contribution in [-0.2, 0) is 6.42 Å². The van der Waals surface area contributed by atoms with Crippen LogP contribution in [0.15, 0.2) is 91.0 Å². The van der Waals surface area contributed by atoms with E-state index in [1.807, 2.05) is 12.1 Å². The molecule has 4 N–H and O–H groups in total. The smallest absolute Gasteiger partial charge is 0.203 e. The molecule has 3 aromatic carbocycles. The Morgan fingerprint density at radius 1 is 0.917 bits per heavy atom. The zero-order valence-corrected chi connectivity index (χ0v) is 20.1.